The molecular weight excluding hydrogens is 395 g/mol. The molecule has 2 fully saturated rings. The summed E-state index contributed by atoms with van der Waals surface area (Å²) in [5.74, 6) is 1.48. The molecular formula is C18H26Cl2N2O3S. The van der Waals surface area contributed by atoms with Crippen LogP contribution < -0.4 is 10.1 Å². The Kier molecular flexibility index (Phi) is 6.09. The Morgan fingerprint density at radius 3 is 2.58 bits per heavy atom. The molecule has 2 heterocycles. The smallest absolute Gasteiger partial charge is 0.243 e. The van der Waals surface area contributed by atoms with Crippen LogP contribution >= 0.6 is 24.0 Å². The van der Waals surface area contributed by atoms with Crippen LogP contribution in [0, 0.1) is 5.92 Å². The van der Waals surface area contributed by atoms with Gasteiger partial charge in [0, 0.05) is 31.1 Å². The third-order valence-corrected chi connectivity index (χ3v) is 7.56. The van der Waals surface area contributed by atoms with Crippen molar-refractivity contribution >= 4 is 34.0 Å². The van der Waals surface area contributed by atoms with Gasteiger partial charge < -0.3 is 10.1 Å². The van der Waals surface area contributed by atoms with Crippen molar-refractivity contribution in [3.8, 4) is 5.75 Å². The Hall–Kier alpha value is -0.530. The molecule has 4 rings (SSSR count). The molecule has 26 heavy (non-hydrogen) atoms. The first-order valence-corrected chi connectivity index (χ1v) is 11.0. The summed E-state index contributed by atoms with van der Waals surface area (Å²) in [6.45, 7) is 4.17. The molecule has 5 nitrogen and oxygen atoms in total. The molecule has 0 radical (unpaired) electrons. The number of benzene rings is 1. The molecule has 1 aliphatic carbocycles. The Labute approximate surface area is 166 Å². The first-order valence-electron chi connectivity index (χ1n) is 9.16. The van der Waals surface area contributed by atoms with Crippen LogP contribution in [-0.4, -0.2) is 44.5 Å². The van der Waals surface area contributed by atoms with Crippen molar-refractivity contribution in [2.24, 2.45) is 5.92 Å². The first kappa shape index (κ1) is 20.2. The first-order chi connectivity index (χ1) is 11.9. The molecule has 1 aromatic carbocycles. The number of halogens is 2. The Morgan fingerprint density at radius 1 is 1.23 bits per heavy atom. The van der Waals surface area contributed by atoms with Gasteiger partial charge in [-0.15, -0.1) is 12.4 Å². The third kappa shape index (κ3) is 4.14. The van der Waals surface area contributed by atoms with E-state index in [9.17, 15) is 8.42 Å². The van der Waals surface area contributed by atoms with E-state index in [4.69, 9.17) is 16.3 Å². The van der Waals surface area contributed by atoms with E-state index in [0.717, 1.165) is 30.9 Å². The number of piperidine rings is 1. The molecule has 1 N–H and O–H groups in total. The van der Waals surface area contributed by atoms with Crippen molar-refractivity contribution in [2.45, 2.75) is 56.1 Å². The number of rotatable bonds is 5. The second-order valence-corrected chi connectivity index (χ2v) is 9.90. The van der Waals surface area contributed by atoms with Crippen molar-refractivity contribution in [1.82, 2.24) is 9.62 Å². The van der Waals surface area contributed by atoms with Gasteiger partial charge in [-0.25, -0.2) is 8.42 Å². The lowest BCUT2D eigenvalue weighted by Crippen LogP contribution is -2.45. The van der Waals surface area contributed by atoms with Gasteiger partial charge in [-0.1, -0.05) is 11.6 Å². The van der Waals surface area contributed by atoms with E-state index in [1.165, 1.54) is 18.9 Å². The van der Waals surface area contributed by atoms with Gasteiger partial charge in [0.25, 0.3) is 0 Å². The summed E-state index contributed by atoms with van der Waals surface area (Å²) >= 11 is 6.27. The van der Waals surface area contributed by atoms with Crippen LogP contribution in [0.1, 0.15) is 38.2 Å². The quantitative estimate of drug-likeness (QED) is 0.793. The van der Waals surface area contributed by atoms with E-state index in [1.807, 2.05) is 6.92 Å². The van der Waals surface area contributed by atoms with Crippen LogP contribution in [0.3, 0.4) is 0 Å². The Morgan fingerprint density at radius 2 is 1.92 bits per heavy atom. The van der Waals surface area contributed by atoms with Crippen LogP contribution in [0.5, 0.6) is 5.75 Å². The van der Waals surface area contributed by atoms with E-state index >= 15 is 0 Å². The maximum Gasteiger partial charge on any atom is 0.243 e. The number of sulfonamides is 1. The van der Waals surface area contributed by atoms with Crippen LogP contribution in [0.15, 0.2) is 17.0 Å². The Bertz CT molecular complexity index is 760. The van der Waals surface area contributed by atoms with E-state index < -0.39 is 10.0 Å². The summed E-state index contributed by atoms with van der Waals surface area (Å²) in [5, 5.41) is 3.97. The van der Waals surface area contributed by atoms with Crippen molar-refractivity contribution in [3.05, 3.63) is 22.7 Å². The molecule has 1 aromatic rings. The summed E-state index contributed by atoms with van der Waals surface area (Å²) in [7, 11) is -3.50. The van der Waals surface area contributed by atoms with Gasteiger partial charge in [0.05, 0.1) is 9.92 Å². The number of hydrogen-bond donors (Lipinski definition) is 1. The zero-order valence-corrected chi connectivity index (χ0v) is 17.3. The summed E-state index contributed by atoms with van der Waals surface area (Å²) in [4.78, 5) is 0.290. The monoisotopic (exact) mass is 420 g/mol. The maximum absolute atomic E-state index is 13.0. The highest BCUT2D eigenvalue weighted by Crippen LogP contribution is 2.38. The fourth-order valence-corrected chi connectivity index (χ4v) is 5.61. The molecule has 3 aliphatic rings. The molecule has 1 saturated carbocycles. The molecule has 8 heteroatoms. The van der Waals surface area contributed by atoms with Gasteiger partial charge in [0.15, 0.2) is 0 Å². The number of hydrogen-bond acceptors (Lipinski definition) is 4. The zero-order chi connectivity index (χ0) is 17.6. The fourth-order valence-electron chi connectivity index (χ4n) is 3.71. The van der Waals surface area contributed by atoms with E-state index in [-0.39, 0.29) is 18.5 Å². The van der Waals surface area contributed by atoms with Gasteiger partial charge in [0.1, 0.15) is 11.9 Å². The van der Waals surface area contributed by atoms with Crippen LogP contribution in [0.4, 0.5) is 0 Å². The van der Waals surface area contributed by atoms with Crippen LogP contribution in [-0.2, 0) is 16.4 Å². The van der Waals surface area contributed by atoms with E-state index in [2.05, 4.69) is 5.32 Å². The number of fused-ring (bicyclic) bond motifs is 1. The average Bonchev–Trinajstić information content (AvgIpc) is 3.33. The van der Waals surface area contributed by atoms with Crippen molar-refractivity contribution in [3.63, 3.8) is 0 Å². The number of nitrogens with zero attached hydrogens (tertiary/aromatic N) is 1. The lowest BCUT2D eigenvalue weighted by atomic mass is 10.1. The van der Waals surface area contributed by atoms with E-state index in [0.29, 0.717) is 41.2 Å². The highest BCUT2D eigenvalue weighted by atomic mass is 35.5. The number of ether oxygens (including phenoxy) is 1. The van der Waals surface area contributed by atoms with Gasteiger partial charge in [-0.05, 0) is 57.2 Å². The van der Waals surface area contributed by atoms with Gasteiger partial charge >= 0.3 is 0 Å². The lowest BCUT2D eigenvalue weighted by Gasteiger charge is -2.32. The number of nitrogens with one attached hydrogen (secondary N) is 1. The van der Waals surface area contributed by atoms with E-state index in [1.54, 1.807) is 10.4 Å². The highest BCUT2D eigenvalue weighted by Gasteiger charge is 2.32. The zero-order valence-electron chi connectivity index (χ0n) is 14.9. The Balaban J connectivity index is 0.00000196. The molecule has 1 saturated heterocycles. The van der Waals surface area contributed by atoms with Gasteiger partial charge in [-0.2, -0.15) is 4.31 Å². The van der Waals surface area contributed by atoms with Crippen molar-refractivity contribution < 1.29 is 13.2 Å². The molecule has 0 bridgehead atoms. The van der Waals surface area contributed by atoms with Crippen molar-refractivity contribution in [1.29, 1.82) is 0 Å². The SMILES string of the molecule is CC1Cc2cc(S(=O)(=O)N3CCC(NCC4CC4)CC3)cc(Cl)c2O1.Cl. The molecule has 0 spiro atoms. The summed E-state index contributed by atoms with van der Waals surface area (Å²) < 4.78 is 33.3. The largest absolute Gasteiger partial charge is 0.489 e. The minimum atomic E-state index is -3.50. The second kappa shape index (κ2) is 7.84. The lowest BCUT2D eigenvalue weighted by molar-refractivity contribution is 0.255. The minimum Gasteiger partial charge on any atom is -0.489 e. The summed E-state index contributed by atoms with van der Waals surface area (Å²) in [5.41, 5.74) is 0.888. The maximum atomic E-state index is 13.0. The molecule has 0 amide bonds. The topological polar surface area (TPSA) is 58.6 Å². The van der Waals surface area contributed by atoms with Crippen LogP contribution in [0.25, 0.3) is 0 Å². The average molecular weight is 421 g/mol. The van der Waals surface area contributed by atoms with Gasteiger partial charge in [-0.3, -0.25) is 0 Å². The molecule has 1 atom stereocenters. The summed E-state index contributed by atoms with van der Waals surface area (Å²) in [6.07, 6.45) is 5.14. The highest BCUT2D eigenvalue weighted by molar-refractivity contribution is 7.89. The normalized spacial score (nSPS) is 24.0. The van der Waals surface area contributed by atoms with Crippen LogP contribution in [0.2, 0.25) is 5.02 Å². The summed E-state index contributed by atoms with van der Waals surface area (Å²) in [6, 6.07) is 3.70. The third-order valence-electron chi connectivity index (χ3n) is 5.40. The van der Waals surface area contributed by atoms with Gasteiger partial charge in [0.2, 0.25) is 10.0 Å². The molecule has 1 unspecified atom stereocenters. The fraction of sp³-hybridized carbons (Fsp3) is 0.667. The molecule has 2 aliphatic heterocycles. The molecule has 0 aromatic heterocycles. The standard InChI is InChI=1S/C18H25ClN2O3S.ClH/c1-12-8-14-9-16(10-17(19)18(14)24-12)25(22,23)21-6-4-15(5-7-21)20-11-13-2-3-13;/h9-10,12-13,15,20H,2-8,11H2,1H3;1H. The predicted octanol–water partition coefficient (Wildman–Crippen LogP) is 3.24. The molecule has 146 valence electrons. The van der Waals surface area contributed by atoms with Crippen molar-refractivity contribution in [2.75, 3.05) is 19.6 Å². The minimum absolute atomic E-state index is 0. The predicted molar refractivity (Wildman–Crippen MR) is 105 cm³/mol. The second-order valence-electron chi connectivity index (χ2n) is 7.56.